The molecule has 5 atom stereocenters. The summed E-state index contributed by atoms with van der Waals surface area (Å²) in [5.41, 5.74) is 0. The van der Waals surface area contributed by atoms with E-state index < -0.39 is 97.5 Å². The predicted molar refractivity (Wildman–Crippen MR) is 391 cm³/mol. The lowest BCUT2D eigenvalue weighted by Gasteiger charge is -2.21. The van der Waals surface area contributed by atoms with Crippen LogP contribution in [0.4, 0.5) is 0 Å². The number of unbranched alkanes of at least 4 members (excludes halogenated alkanes) is 49. The van der Waals surface area contributed by atoms with Crippen molar-refractivity contribution in [2.24, 2.45) is 5.92 Å². The number of ether oxygens (including phenoxy) is 4. The van der Waals surface area contributed by atoms with Crippen LogP contribution in [-0.2, 0) is 65.4 Å². The van der Waals surface area contributed by atoms with Crippen LogP contribution in [0.2, 0.25) is 0 Å². The highest BCUT2D eigenvalue weighted by atomic mass is 31.2. The second kappa shape index (κ2) is 70.1. The summed E-state index contributed by atoms with van der Waals surface area (Å²) in [5, 5.41) is 10.6. The number of carbonyl (C=O) groups excluding carboxylic acids is 4. The Bertz CT molecular complexity index is 1840. The first-order valence-electron chi connectivity index (χ1n) is 40.1. The number of carbonyl (C=O) groups is 4. The summed E-state index contributed by atoms with van der Waals surface area (Å²) >= 11 is 0. The molecule has 96 heavy (non-hydrogen) atoms. The number of hydrogen-bond donors (Lipinski definition) is 3. The summed E-state index contributed by atoms with van der Waals surface area (Å²) in [6, 6.07) is 0. The number of phosphoric acid groups is 2. The molecule has 0 saturated carbocycles. The number of hydrogen-bond acceptors (Lipinski definition) is 15. The third-order valence-electron chi connectivity index (χ3n) is 18.0. The van der Waals surface area contributed by atoms with Crippen molar-refractivity contribution in [1.82, 2.24) is 0 Å². The van der Waals surface area contributed by atoms with Gasteiger partial charge in [-0.2, -0.15) is 0 Å². The van der Waals surface area contributed by atoms with Gasteiger partial charge < -0.3 is 33.8 Å². The van der Waals surface area contributed by atoms with E-state index in [1.807, 2.05) is 0 Å². The zero-order chi connectivity index (χ0) is 70.5. The highest BCUT2D eigenvalue weighted by Crippen LogP contribution is 2.45. The van der Waals surface area contributed by atoms with Crippen LogP contribution in [0.25, 0.3) is 0 Å². The molecule has 0 amide bonds. The summed E-state index contributed by atoms with van der Waals surface area (Å²) in [7, 11) is -9.91. The second-order valence-corrected chi connectivity index (χ2v) is 31.1. The molecule has 0 bridgehead atoms. The van der Waals surface area contributed by atoms with E-state index in [0.29, 0.717) is 25.7 Å². The Morgan fingerprint density at radius 3 is 0.708 bits per heavy atom. The lowest BCUT2D eigenvalue weighted by atomic mass is 10.0. The number of phosphoric ester groups is 2. The number of rotatable bonds is 77. The first kappa shape index (κ1) is 94.1. The van der Waals surface area contributed by atoms with Gasteiger partial charge in [-0.05, 0) is 31.6 Å². The molecule has 0 heterocycles. The molecule has 3 N–H and O–H groups in total. The maximum Gasteiger partial charge on any atom is 0.472 e. The summed E-state index contributed by atoms with van der Waals surface area (Å²) in [4.78, 5) is 72.7. The van der Waals surface area contributed by atoms with Gasteiger partial charge in [0.25, 0.3) is 0 Å². The summed E-state index contributed by atoms with van der Waals surface area (Å²) in [5.74, 6) is -1.36. The smallest absolute Gasteiger partial charge is 0.462 e. The molecule has 0 aliphatic rings. The van der Waals surface area contributed by atoms with E-state index >= 15 is 0 Å². The van der Waals surface area contributed by atoms with E-state index in [9.17, 15) is 43.2 Å². The Labute approximate surface area is 588 Å². The summed E-state index contributed by atoms with van der Waals surface area (Å²) < 4.78 is 68.5. The van der Waals surface area contributed by atoms with Gasteiger partial charge in [0, 0.05) is 25.7 Å². The molecule has 19 heteroatoms. The molecule has 0 aliphatic heterocycles. The van der Waals surface area contributed by atoms with Crippen molar-refractivity contribution >= 4 is 39.5 Å². The second-order valence-electron chi connectivity index (χ2n) is 28.2. The molecule has 0 aliphatic carbocycles. The van der Waals surface area contributed by atoms with Gasteiger partial charge in [0.1, 0.15) is 19.3 Å². The van der Waals surface area contributed by atoms with Gasteiger partial charge in [0.05, 0.1) is 26.4 Å². The molecule has 0 spiro atoms. The maximum atomic E-state index is 13.1. The number of esters is 4. The number of aliphatic hydroxyl groups excluding tert-OH is 1. The van der Waals surface area contributed by atoms with Gasteiger partial charge in [-0.25, -0.2) is 9.13 Å². The Kier molecular flexibility index (Phi) is 68.7. The van der Waals surface area contributed by atoms with Crippen molar-refractivity contribution in [3.8, 4) is 0 Å². The van der Waals surface area contributed by atoms with Crippen LogP contribution in [0, 0.1) is 5.92 Å². The average molecular weight is 1410 g/mol. The minimum atomic E-state index is -4.96. The molecule has 570 valence electrons. The number of aliphatic hydroxyl groups is 1. The average Bonchev–Trinajstić information content (AvgIpc) is 1.22. The first-order chi connectivity index (χ1) is 46.5. The van der Waals surface area contributed by atoms with E-state index in [1.54, 1.807) is 0 Å². The van der Waals surface area contributed by atoms with E-state index in [2.05, 4.69) is 34.6 Å². The van der Waals surface area contributed by atoms with Crippen molar-refractivity contribution in [1.29, 1.82) is 0 Å². The third kappa shape index (κ3) is 70.5. The van der Waals surface area contributed by atoms with Crippen molar-refractivity contribution in [3.05, 3.63) is 0 Å². The van der Waals surface area contributed by atoms with Gasteiger partial charge in [0.15, 0.2) is 12.2 Å². The van der Waals surface area contributed by atoms with Crippen LogP contribution in [0.15, 0.2) is 0 Å². The zero-order valence-electron chi connectivity index (χ0n) is 62.5. The summed E-state index contributed by atoms with van der Waals surface area (Å²) in [6.07, 6.45) is 59.9. The lowest BCUT2D eigenvalue weighted by molar-refractivity contribution is -0.161. The van der Waals surface area contributed by atoms with Gasteiger partial charge >= 0.3 is 39.5 Å². The van der Waals surface area contributed by atoms with E-state index in [0.717, 1.165) is 109 Å². The largest absolute Gasteiger partial charge is 0.472 e. The molecule has 0 rings (SSSR count). The molecule has 2 unspecified atom stereocenters. The maximum absolute atomic E-state index is 13.1. The van der Waals surface area contributed by atoms with Crippen molar-refractivity contribution in [3.63, 3.8) is 0 Å². The molecule has 17 nitrogen and oxygen atoms in total. The van der Waals surface area contributed by atoms with Crippen molar-refractivity contribution < 1.29 is 80.2 Å². The SMILES string of the molecule is CCCCCCCCCCCCCCCCCCCCCCC(=O)O[C@H](COC(=O)CCCCCCCCCCCCCCCCCC)COP(=O)(O)OC[C@@H](O)COP(=O)(O)OC[C@@H](COC(=O)CCCCCCCCC)OC(=O)CCCCCCCCCCCCC(C)C. The monoisotopic (exact) mass is 1410 g/mol. The van der Waals surface area contributed by atoms with Crippen LogP contribution >= 0.6 is 15.6 Å². The first-order valence-corrected chi connectivity index (χ1v) is 43.1. The van der Waals surface area contributed by atoms with Gasteiger partial charge in [0.2, 0.25) is 0 Å². The van der Waals surface area contributed by atoms with Crippen LogP contribution in [0.5, 0.6) is 0 Å². The lowest BCUT2D eigenvalue weighted by Crippen LogP contribution is -2.30. The molecule has 0 aromatic heterocycles. The topological polar surface area (TPSA) is 237 Å². The Morgan fingerprint density at radius 2 is 0.479 bits per heavy atom. The van der Waals surface area contributed by atoms with Crippen LogP contribution in [0.3, 0.4) is 0 Å². The molecule has 0 saturated heterocycles. The van der Waals surface area contributed by atoms with E-state index in [1.165, 1.54) is 218 Å². The van der Waals surface area contributed by atoms with Gasteiger partial charge in [-0.3, -0.25) is 37.3 Å². The fraction of sp³-hybridized carbons (Fsp3) is 0.948. The zero-order valence-corrected chi connectivity index (χ0v) is 64.3. The quantitative estimate of drug-likeness (QED) is 0.0222. The highest BCUT2D eigenvalue weighted by Gasteiger charge is 2.30. The molecule has 0 aromatic carbocycles. The predicted octanol–water partition coefficient (Wildman–Crippen LogP) is 22.9. The highest BCUT2D eigenvalue weighted by molar-refractivity contribution is 7.47. The van der Waals surface area contributed by atoms with E-state index in [4.69, 9.17) is 37.0 Å². The standard InChI is InChI=1S/C77H150O17P2/c1-6-9-12-15-18-20-22-24-26-28-29-30-31-33-35-37-42-47-52-57-62-76(81)94-73(67-88-75(80)61-56-51-46-41-36-34-32-27-25-23-21-19-16-13-10-7-2)69-92-96(85,86)90-65-71(78)64-89-95(83,84)91-68-72(66-87-74(79)60-55-50-44-17-14-11-8-3)93-77(82)63-58-53-48-43-39-38-40-45-49-54-59-70(4)5/h70-73,78H,6-69H2,1-5H3,(H,83,84)(H,85,86)/t71-,72+,73+/m0/s1. The fourth-order valence-corrected chi connectivity index (χ4v) is 13.5. The van der Waals surface area contributed by atoms with Gasteiger partial charge in [-0.1, -0.05) is 356 Å². The molecular weight excluding hydrogens is 1260 g/mol. The Morgan fingerprint density at radius 1 is 0.281 bits per heavy atom. The molecule has 0 fully saturated rings. The Hall–Kier alpha value is -1.94. The van der Waals surface area contributed by atoms with Crippen LogP contribution < -0.4 is 0 Å². The third-order valence-corrected chi connectivity index (χ3v) is 19.9. The van der Waals surface area contributed by atoms with Gasteiger partial charge in [-0.15, -0.1) is 0 Å². The minimum absolute atomic E-state index is 0.106. The van der Waals surface area contributed by atoms with E-state index in [-0.39, 0.29) is 25.7 Å². The normalized spacial score (nSPS) is 13.9. The van der Waals surface area contributed by atoms with Crippen LogP contribution in [0.1, 0.15) is 407 Å². The molecule has 0 aromatic rings. The van der Waals surface area contributed by atoms with Crippen molar-refractivity contribution in [2.45, 2.75) is 425 Å². The Balaban J connectivity index is 5.18. The molecular formula is C77H150O17P2. The minimum Gasteiger partial charge on any atom is -0.462 e. The molecule has 0 radical (unpaired) electrons. The summed E-state index contributed by atoms with van der Waals surface area (Å²) in [6.45, 7) is 7.25. The van der Waals surface area contributed by atoms with Crippen LogP contribution in [-0.4, -0.2) is 96.7 Å². The fourth-order valence-electron chi connectivity index (χ4n) is 11.9. The van der Waals surface area contributed by atoms with Crippen molar-refractivity contribution in [2.75, 3.05) is 39.6 Å².